The fraction of sp³-hybridized carbons (Fsp3) is 0.556. The van der Waals surface area contributed by atoms with E-state index < -0.39 is 0 Å². The number of carbonyl (C=O) groups is 2. The zero-order valence-corrected chi connectivity index (χ0v) is 21.3. The smallest absolute Gasteiger partial charge is 0.332 e. The largest absolute Gasteiger partial charge is 0.343 e. The molecule has 1 amide bonds. The molecule has 2 aliphatic heterocycles. The van der Waals surface area contributed by atoms with Crippen molar-refractivity contribution in [1.82, 2.24) is 19.0 Å². The highest BCUT2D eigenvalue weighted by Gasteiger charge is 2.26. The van der Waals surface area contributed by atoms with Crippen LogP contribution in [0.2, 0.25) is 0 Å². The first-order valence-electron chi connectivity index (χ1n) is 13.1. The van der Waals surface area contributed by atoms with Gasteiger partial charge in [-0.2, -0.15) is 0 Å². The Hall–Kier alpha value is -3.36. The molecule has 0 spiro atoms. The van der Waals surface area contributed by atoms with E-state index in [0.717, 1.165) is 62.2 Å². The highest BCUT2D eigenvalue weighted by atomic mass is 16.2. The molecule has 0 N–H and O–H groups in total. The number of ketones is 1. The maximum absolute atomic E-state index is 13.2. The fourth-order valence-electron chi connectivity index (χ4n) is 4.93. The summed E-state index contributed by atoms with van der Waals surface area (Å²) in [5.74, 6) is 0.759. The van der Waals surface area contributed by atoms with Gasteiger partial charge in [-0.05, 0) is 57.6 Å². The van der Waals surface area contributed by atoms with Gasteiger partial charge in [0.25, 0.3) is 5.56 Å². The number of likely N-dealkylation sites (tertiary alicyclic amines) is 1. The van der Waals surface area contributed by atoms with Gasteiger partial charge in [-0.15, -0.1) is 0 Å². The zero-order chi connectivity index (χ0) is 25.7. The minimum atomic E-state index is -0.363. The summed E-state index contributed by atoms with van der Waals surface area (Å²) in [5.41, 5.74) is 2.42. The van der Waals surface area contributed by atoms with Crippen molar-refractivity contribution in [3.05, 3.63) is 56.0 Å². The van der Waals surface area contributed by atoms with E-state index in [4.69, 9.17) is 4.99 Å². The van der Waals surface area contributed by atoms with Crippen molar-refractivity contribution in [3.63, 3.8) is 0 Å². The van der Waals surface area contributed by atoms with E-state index in [0.29, 0.717) is 43.6 Å². The summed E-state index contributed by atoms with van der Waals surface area (Å²) in [5, 5.41) is 0. The Bertz CT molecular complexity index is 1270. The number of aryl methyl sites for hydroxylation is 1. The molecule has 192 valence electrons. The minimum absolute atomic E-state index is 0.0429. The van der Waals surface area contributed by atoms with E-state index in [2.05, 4.69) is 4.98 Å². The highest BCUT2D eigenvalue weighted by Crippen LogP contribution is 2.25. The second-order valence-corrected chi connectivity index (χ2v) is 9.71. The lowest BCUT2D eigenvalue weighted by molar-refractivity contribution is -0.127. The Morgan fingerprint density at radius 2 is 1.86 bits per heavy atom. The van der Waals surface area contributed by atoms with E-state index in [1.54, 1.807) is 10.8 Å². The minimum Gasteiger partial charge on any atom is -0.343 e. The van der Waals surface area contributed by atoms with Crippen molar-refractivity contribution in [3.8, 4) is 0 Å². The Balaban J connectivity index is 1.45. The number of amides is 1. The lowest BCUT2D eigenvalue weighted by atomic mass is 10.1. The topological polar surface area (TPSA) is 107 Å². The number of aliphatic imine (C=N–C) groups is 1. The van der Waals surface area contributed by atoms with Crippen LogP contribution in [0.4, 0.5) is 5.82 Å². The summed E-state index contributed by atoms with van der Waals surface area (Å²) >= 11 is 0. The van der Waals surface area contributed by atoms with Gasteiger partial charge < -0.3 is 9.69 Å². The number of rotatable bonds is 12. The van der Waals surface area contributed by atoms with Crippen LogP contribution in [0.5, 0.6) is 0 Å². The lowest BCUT2D eigenvalue weighted by Crippen LogP contribution is -2.41. The number of Topliss-reactive ketones (excluding diaryl/α,β-unsaturated/α-hetero) is 1. The molecule has 0 saturated carbocycles. The van der Waals surface area contributed by atoms with Crippen LogP contribution in [0.25, 0.3) is 0 Å². The first-order valence-corrected chi connectivity index (χ1v) is 13.1. The summed E-state index contributed by atoms with van der Waals surface area (Å²) in [6.45, 7) is 5.90. The first-order chi connectivity index (χ1) is 17.4. The maximum Gasteiger partial charge on any atom is 0.332 e. The molecule has 2 aliphatic rings. The summed E-state index contributed by atoms with van der Waals surface area (Å²) in [6.07, 6.45) is 8.11. The second-order valence-electron chi connectivity index (χ2n) is 9.71. The van der Waals surface area contributed by atoms with E-state index in [1.807, 2.05) is 24.0 Å². The third-order valence-corrected chi connectivity index (χ3v) is 6.87. The molecule has 9 heteroatoms. The molecule has 4 rings (SSSR count). The molecule has 36 heavy (non-hydrogen) atoms. The van der Waals surface area contributed by atoms with Crippen LogP contribution in [-0.2, 0) is 35.5 Å². The number of hydrogen-bond acceptors (Lipinski definition) is 6. The molecule has 1 fully saturated rings. The van der Waals surface area contributed by atoms with Crippen LogP contribution in [0.1, 0.15) is 75.6 Å². The van der Waals surface area contributed by atoms with Crippen molar-refractivity contribution in [1.29, 1.82) is 0 Å². The van der Waals surface area contributed by atoms with Gasteiger partial charge in [-0.25, -0.2) is 9.79 Å². The molecule has 0 radical (unpaired) electrons. The monoisotopic (exact) mass is 493 g/mol. The molecule has 2 aromatic heterocycles. The van der Waals surface area contributed by atoms with Crippen LogP contribution in [0.3, 0.4) is 0 Å². The van der Waals surface area contributed by atoms with Crippen molar-refractivity contribution >= 4 is 23.2 Å². The SMILES string of the molecule is CCCn1c2c(c(=O)n(CCCC(C)=O)c1=O)CC(c1ccc(CCCCN3CCCC3=O)nc1)=N2. The number of pyridine rings is 1. The summed E-state index contributed by atoms with van der Waals surface area (Å²) in [7, 11) is 0. The predicted octanol–water partition coefficient (Wildman–Crippen LogP) is 2.81. The third-order valence-electron chi connectivity index (χ3n) is 6.87. The maximum atomic E-state index is 13.2. The van der Waals surface area contributed by atoms with Crippen molar-refractivity contribution in [2.45, 2.75) is 84.7 Å². The average Bonchev–Trinajstić information content (AvgIpc) is 3.48. The number of nitrogens with zero attached hydrogens (tertiary/aromatic N) is 5. The van der Waals surface area contributed by atoms with Gasteiger partial charge in [0.1, 0.15) is 11.6 Å². The highest BCUT2D eigenvalue weighted by molar-refractivity contribution is 6.05. The Labute approximate surface area is 210 Å². The molecule has 0 unspecified atom stereocenters. The predicted molar refractivity (Wildman–Crippen MR) is 138 cm³/mol. The Kier molecular flexibility index (Phi) is 8.28. The Morgan fingerprint density at radius 3 is 2.53 bits per heavy atom. The van der Waals surface area contributed by atoms with Gasteiger partial charge in [-0.1, -0.05) is 6.92 Å². The summed E-state index contributed by atoms with van der Waals surface area (Å²) in [6, 6.07) is 3.96. The number of aromatic nitrogens is 3. The summed E-state index contributed by atoms with van der Waals surface area (Å²) < 4.78 is 2.84. The van der Waals surface area contributed by atoms with E-state index in [9.17, 15) is 19.2 Å². The molecule has 0 atom stereocenters. The van der Waals surface area contributed by atoms with Gasteiger partial charge in [0, 0.05) is 62.9 Å². The molecular weight excluding hydrogens is 458 g/mol. The van der Waals surface area contributed by atoms with Crippen molar-refractivity contribution < 1.29 is 9.59 Å². The van der Waals surface area contributed by atoms with Gasteiger partial charge >= 0.3 is 5.69 Å². The van der Waals surface area contributed by atoms with Crippen LogP contribution < -0.4 is 11.2 Å². The van der Waals surface area contributed by atoms with Gasteiger partial charge in [0.05, 0.1) is 11.3 Å². The zero-order valence-electron chi connectivity index (χ0n) is 21.3. The molecule has 9 nitrogen and oxygen atoms in total. The standard InChI is InChI=1S/C27H35N5O4/c1-3-13-31-25-22(26(35)32(27(31)36)16-6-8-19(2)33)17-23(29-25)20-11-12-21(28-18-20)9-4-5-14-30-15-7-10-24(30)34/h11-12,18H,3-10,13-17H2,1-2H3. The first kappa shape index (κ1) is 25.7. The fourth-order valence-corrected chi connectivity index (χ4v) is 4.93. The number of unbranched alkanes of at least 4 members (excludes halogenated alkanes) is 1. The van der Waals surface area contributed by atoms with Crippen molar-refractivity contribution in [2.24, 2.45) is 4.99 Å². The Morgan fingerprint density at radius 1 is 1.03 bits per heavy atom. The quantitative estimate of drug-likeness (QED) is 0.423. The number of fused-ring (bicyclic) bond motifs is 1. The lowest BCUT2D eigenvalue weighted by Gasteiger charge is -2.14. The average molecular weight is 494 g/mol. The van der Waals surface area contributed by atoms with E-state index in [-0.39, 0.29) is 29.5 Å². The van der Waals surface area contributed by atoms with Gasteiger partial charge in [0.2, 0.25) is 5.91 Å². The normalized spacial score (nSPS) is 14.9. The number of carbonyl (C=O) groups excluding carboxylic acids is 2. The number of hydrogen-bond donors (Lipinski definition) is 0. The molecule has 4 heterocycles. The van der Waals surface area contributed by atoms with E-state index in [1.165, 1.54) is 11.5 Å². The molecule has 0 aromatic carbocycles. The van der Waals surface area contributed by atoms with E-state index >= 15 is 0 Å². The van der Waals surface area contributed by atoms with Crippen LogP contribution in [0, 0.1) is 0 Å². The van der Waals surface area contributed by atoms with Crippen LogP contribution in [0.15, 0.2) is 32.9 Å². The molecular formula is C27H35N5O4. The van der Waals surface area contributed by atoms with Gasteiger partial charge in [-0.3, -0.25) is 23.7 Å². The molecule has 1 saturated heterocycles. The summed E-state index contributed by atoms with van der Waals surface area (Å²) in [4.78, 5) is 60.5. The van der Waals surface area contributed by atoms with Gasteiger partial charge in [0.15, 0.2) is 0 Å². The third kappa shape index (κ3) is 5.71. The van der Waals surface area contributed by atoms with Crippen LogP contribution in [-0.4, -0.2) is 49.5 Å². The molecule has 2 aromatic rings. The van der Waals surface area contributed by atoms with Crippen molar-refractivity contribution in [2.75, 3.05) is 13.1 Å². The second kappa shape index (κ2) is 11.6. The molecule has 0 aliphatic carbocycles. The molecule has 0 bridgehead atoms. The van der Waals surface area contributed by atoms with Crippen LogP contribution >= 0.6 is 0 Å².